The number of hydrogen-bond acceptors (Lipinski definition) is 4. The first-order valence-electron chi connectivity index (χ1n) is 7.30. The molecule has 0 amide bonds. The highest BCUT2D eigenvalue weighted by molar-refractivity contribution is 9.10. The van der Waals surface area contributed by atoms with Gasteiger partial charge in [0.2, 0.25) is 5.95 Å². The van der Waals surface area contributed by atoms with Crippen molar-refractivity contribution in [2.24, 2.45) is 0 Å². The average Bonchev–Trinajstić information content (AvgIpc) is 3.03. The van der Waals surface area contributed by atoms with Gasteiger partial charge in [-0.2, -0.15) is 4.68 Å². The maximum absolute atomic E-state index is 4.13. The van der Waals surface area contributed by atoms with Crippen LogP contribution >= 0.6 is 15.9 Å². The highest BCUT2D eigenvalue weighted by Crippen LogP contribution is 2.32. The van der Waals surface area contributed by atoms with Gasteiger partial charge in [0.25, 0.3) is 0 Å². The van der Waals surface area contributed by atoms with Gasteiger partial charge >= 0.3 is 0 Å². The van der Waals surface area contributed by atoms with Gasteiger partial charge in [-0.05, 0) is 46.7 Å². The molecule has 5 nitrogen and oxygen atoms in total. The van der Waals surface area contributed by atoms with Gasteiger partial charge in [-0.15, -0.1) is 0 Å². The maximum atomic E-state index is 4.13. The summed E-state index contributed by atoms with van der Waals surface area (Å²) in [5, 5.41) is 15.3. The standard InChI is InChI=1S/C17H14BrN5/c1-11-3-2-4-13(9-11)16-10-15(12-5-7-14(18)8-6-12)19-17-20-21-22-23(16)17/h2-10,16H,1H3,(H,19,20,22)/t16-/m0/s1. The molecule has 1 atom stereocenters. The predicted octanol–water partition coefficient (Wildman–Crippen LogP) is 3.80. The number of aromatic nitrogens is 4. The van der Waals surface area contributed by atoms with Gasteiger partial charge in [0, 0.05) is 10.2 Å². The van der Waals surface area contributed by atoms with E-state index in [2.05, 4.69) is 86.2 Å². The molecular formula is C17H14BrN5. The summed E-state index contributed by atoms with van der Waals surface area (Å²) in [6.07, 6.45) is 2.15. The van der Waals surface area contributed by atoms with Crippen molar-refractivity contribution >= 4 is 27.6 Å². The fourth-order valence-corrected chi connectivity index (χ4v) is 3.01. The molecule has 3 aromatic rings. The van der Waals surface area contributed by atoms with Gasteiger partial charge in [-0.25, -0.2) is 0 Å². The number of benzene rings is 2. The van der Waals surface area contributed by atoms with Crippen LogP contribution in [0, 0.1) is 6.92 Å². The van der Waals surface area contributed by atoms with Crippen LogP contribution in [0.25, 0.3) is 5.70 Å². The van der Waals surface area contributed by atoms with E-state index in [0.29, 0.717) is 5.95 Å². The smallest absolute Gasteiger partial charge is 0.248 e. The molecule has 23 heavy (non-hydrogen) atoms. The minimum atomic E-state index is -0.0280. The van der Waals surface area contributed by atoms with E-state index in [1.54, 1.807) is 4.68 Å². The van der Waals surface area contributed by atoms with E-state index in [1.807, 2.05) is 12.1 Å². The van der Waals surface area contributed by atoms with E-state index in [9.17, 15) is 0 Å². The second-order valence-corrected chi connectivity index (χ2v) is 6.43. The fourth-order valence-electron chi connectivity index (χ4n) is 2.74. The summed E-state index contributed by atoms with van der Waals surface area (Å²) in [4.78, 5) is 0. The Bertz CT molecular complexity index is 882. The molecule has 0 bridgehead atoms. The molecule has 1 aliphatic heterocycles. The molecule has 4 rings (SSSR count). The van der Waals surface area contributed by atoms with Crippen molar-refractivity contribution in [1.82, 2.24) is 20.2 Å². The van der Waals surface area contributed by atoms with Crippen molar-refractivity contribution in [3.63, 3.8) is 0 Å². The van der Waals surface area contributed by atoms with Gasteiger partial charge in [-0.3, -0.25) is 0 Å². The zero-order valence-corrected chi connectivity index (χ0v) is 14.0. The summed E-state index contributed by atoms with van der Waals surface area (Å²) < 4.78 is 2.86. The molecule has 1 aliphatic rings. The number of anilines is 1. The van der Waals surface area contributed by atoms with Crippen molar-refractivity contribution in [3.05, 3.63) is 75.8 Å². The van der Waals surface area contributed by atoms with Gasteiger partial charge in [0.1, 0.15) is 6.04 Å². The van der Waals surface area contributed by atoms with Crippen LogP contribution in [0.15, 0.2) is 59.1 Å². The first-order valence-corrected chi connectivity index (χ1v) is 8.09. The number of hydrogen-bond donors (Lipinski definition) is 1. The lowest BCUT2D eigenvalue weighted by molar-refractivity contribution is 0.585. The highest BCUT2D eigenvalue weighted by Gasteiger charge is 2.24. The molecule has 0 fully saturated rings. The van der Waals surface area contributed by atoms with Crippen molar-refractivity contribution in [1.29, 1.82) is 0 Å². The third kappa shape index (κ3) is 2.66. The van der Waals surface area contributed by atoms with Gasteiger partial charge in [0.05, 0.1) is 0 Å². The van der Waals surface area contributed by atoms with E-state index in [4.69, 9.17) is 0 Å². The third-order valence-corrected chi connectivity index (χ3v) is 4.39. The van der Waals surface area contributed by atoms with Crippen molar-refractivity contribution in [3.8, 4) is 0 Å². The zero-order valence-electron chi connectivity index (χ0n) is 12.4. The Labute approximate surface area is 142 Å². The van der Waals surface area contributed by atoms with E-state index in [0.717, 1.165) is 21.3 Å². The number of allylic oxidation sites excluding steroid dienone is 1. The molecule has 1 N–H and O–H groups in total. The normalized spacial score (nSPS) is 16.4. The van der Waals surface area contributed by atoms with Crippen LogP contribution in [-0.2, 0) is 0 Å². The minimum absolute atomic E-state index is 0.0280. The maximum Gasteiger partial charge on any atom is 0.248 e. The number of aryl methyl sites for hydroxylation is 1. The molecule has 114 valence electrons. The Kier molecular flexibility index (Phi) is 3.46. The summed E-state index contributed by atoms with van der Waals surface area (Å²) in [5.74, 6) is 0.650. The summed E-state index contributed by atoms with van der Waals surface area (Å²) in [6.45, 7) is 2.09. The Morgan fingerprint density at radius 2 is 1.96 bits per heavy atom. The highest BCUT2D eigenvalue weighted by atomic mass is 79.9. The summed E-state index contributed by atoms with van der Waals surface area (Å²) >= 11 is 3.47. The monoisotopic (exact) mass is 367 g/mol. The van der Waals surface area contributed by atoms with Crippen LogP contribution in [0.3, 0.4) is 0 Å². The Morgan fingerprint density at radius 1 is 1.13 bits per heavy atom. The summed E-state index contributed by atoms with van der Waals surface area (Å²) in [6, 6.07) is 16.6. The van der Waals surface area contributed by atoms with Crippen LogP contribution in [0.4, 0.5) is 5.95 Å². The molecule has 1 aromatic heterocycles. The largest absolute Gasteiger partial charge is 0.323 e. The lowest BCUT2D eigenvalue weighted by atomic mass is 10.0. The molecule has 0 saturated carbocycles. The third-order valence-electron chi connectivity index (χ3n) is 3.87. The lowest BCUT2D eigenvalue weighted by Crippen LogP contribution is -2.20. The summed E-state index contributed by atoms with van der Waals surface area (Å²) in [7, 11) is 0. The minimum Gasteiger partial charge on any atom is -0.323 e. The van der Waals surface area contributed by atoms with Crippen LogP contribution < -0.4 is 5.32 Å². The fraction of sp³-hybridized carbons (Fsp3) is 0.118. The first-order chi connectivity index (χ1) is 11.2. The number of halogens is 1. The second kappa shape index (κ2) is 5.62. The van der Waals surface area contributed by atoms with Crippen molar-refractivity contribution < 1.29 is 0 Å². The average molecular weight is 368 g/mol. The van der Waals surface area contributed by atoms with E-state index < -0.39 is 0 Å². The van der Waals surface area contributed by atoms with Crippen LogP contribution in [0.2, 0.25) is 0 Å². The number of fused-ring (bicyclic) bond motifs is 1. The zero-order chi connectivity index (χ0) is 15.8. The first kappa shape index (κ1) is 14.1. The number of nitrogens with zero attached hydrogens (tertiary/aromatic N) is 4. The molecule has 2 aromatic carbocycles. The quantitative estimate of drug-likeness (QED) is 0.748. The second-order valence-electron chi connectivity index (χ2n) is 5.52. The Hall–Kier alpha value is -2.47. The molecule has 0 spiro atoms. The van der Waals surface area contributed by atoms with Crippen LogP contribution in [0.5, 0.6) is 0 Å². The number of tetrazole rings is 1. The molecule has 6 heteroatoms. The number of rotatable bonds is 2. The Morgan fingerprint density at radius 3 is 2.74 bits per heavy atom. The molecule has 0 saturated heterocycles. The van der Waals surface area contributed by atoms with Gasteiger partial charge in [-0.1, -0.05) is 63.0 Å². The van der Waals surface area contributed by atoms with Gasteiger partial charge in [0.15, 0.2) is 0 Å². The molecule has 0 unspecified atom stereocenters. The number of nitrogens with one attached hydrogen (secondary N) is 1. The van der Waals surface area contributed by atoms with Crippen molar-refractivity contribution in [2.75, 3.05) is 5.32 Å². The SMILES string of the molecule is Cc1cccc([C@@H]2C=C(c3ccc(Br)cc3)Nc3nnnn32)c1. The van der Waals surface area contributed by atoms with Crippen LogP contribution in [-0.4, -0.2) is 20.2 Å². The summed E-state index contributed by atoms with van der Waals surface area (Å²) in [5.41, 5.74) is 4.48. The van der Waals surface area contributed by atoms with Gasteiger partial charge < -0.3 is 5.32 Å². The predicted molar refractivity (Wildman–Crippen MR) is 92.9 cm³/mol. The van der Waals surface area contributed by atoms with Crippen LogP contribution in [0.1, 0.15) is 22.7 Å². The van der Waals surface area contributed by atoms with E-state index in [1.165, 1.54) is 5.56 Å². The molecule has 2 heterocycles. The van der Waals surface area contributed by atoms with Crippen molar-refractivity contribution in [2.45, 2.75) is 13.0 Å². The lowest BCUT2D eigenvalue weighted by Gasteiger charge is -2.23. The Balaban J connectivity index is 1.81. The molecule has 0 radical (unpaired) electrons. The van der Waals surface area contributed by atoms with E-state index >= 15 is 0 Å². The molecule has 0 aliphatic carbocycles. The van der Waals surface area contributed by atoms with E-state index in [-0.39, 0.29) is 6.04 Å². The molecular weight excluding hydrogens is 354 g/mol. The topological polar surface area (TPSA) is 55.6 Å².